The van der Waals surface area contributed by atoms with Gasteiger partial charge in [-0.15, -0.1) is 5.11 Å². The largest absolute Gasteiger partial charge is 0.493 e. The summed E-state index contributed by atoms with van der Waals surface area (Å²) in [7, 11) is 0. The van der Waals surface area contributed by atoms with E-state index in [2.05, 4.69) is 31.0 Å². The number of rotatable bonds is 18. The number of nitriles is 1. The summed E-state index contributed by atoms with van der Waals surface area (Å²) in [6.45, 7) is 16.1. The number of aromatic nitrogens is 1. The van der Waals surface area contributed by atoms with E-state index in [1.165, 1.54) is 4.57 Å². The normalized spacial score (nSPS) is 11.9. The van der Waals surface area contributed by atoms with E-state index >= 15 is 0 Å². The van der Waals surface area contributed by atoms with Crippen molar-refractivity contribution >= 4 is 23.2 Å². The molecule has 246 valence electrons. The monoisotopic (exact) mass is 620 g/mol. The van der Waals surface area contributed by atoms with Crippen LogP contribution in [0.4, 0.5) is 11.4 Å². The van der Waals surface area contributed by atoms with E-state index < -0.39 is 5.56 Å². The third kappa shape index (κ3) is 9.49. The lowest BCUT2D eigenvalue weighted by Crippen LogP contribution is -2.36. The molecule has 0 spiro atoms. The van der Waals surface area contributed by atoms with E-state index in [1.54, 1.807) is 34.9 Å². The number of unbranched alkanes of at least 4 members (excludes halogenated alkanes) is 3. The lowest BCUT2D eigenvalue weighted by atomic mass is 9.99. The first-order valence-corrected chi connectivity index (χ1v) is 16.6. The van der Waals surface area contributed by atoms with Gasteiger partial charge < -0.3 is 14.9 Å². The summed E-state index contributed by atoms with van der Waals surface area (Å²) in [6, 6.07) is 6.77. The molecule has 1 aromatic heterocycles. The van der Waals surface area contributed by atoms with E-state index in [4.69, 9.17) is 0 Å². The summed E-state index contributed by atoms with van der Waals surface area (Å²) >= 11 is 0. The van der Waals surface area contributed by atoms with Crippen LogP contribution in [0.15, 0.2) is 33.2 Å². The second kappa shape index (κ2) is 18.7. The van der Waals surface area contributed by atoms with Gasteiger partial charge in [0.25, 0.3) is 17.4 Å². The molecule has 0 aliphatic heterocycles. The molecule has 0 saturated heterocycles. The summed E-state index contributed by atoms with van der Waals surface area (Å²) in [5.74, 6) is -0.656. The van der Waals surface area contributed by atoms with Crippen molar-refractivity contribution in [2.24, 2.45) is 16.1 Å². The number of aromatic hydroxyl groups is 1. The van der Waals surface area contributed by atoms with Gasteiger partial charge in [-0.25, -0.2) is 0 Å². The molecule has 2 aromatic rings. The fourth-order valence-corrected chi connectivity index (χ4v) is 5.31. The van der Waals surface area contributed by atoms with Gasteiger partial charge in [-0.1, -0.05) is 59.8 Å². The molecule has 1 aromatic carbocycles. The number of carbonyl (C=O) groups is 2. The van der Waals surface area contributed by atoms with Gasteiger partial charge in [-0.2, -0.15) is 10.4 Å². The van der Waals surface area contributed by atoms with E-state index in [-0.39, 0.29) is 52.5 Å². The third-order valence-corrected chi connectivity index (χ3v) is 8.38. The van der Waals surface area contributed by atoms with Crippen molar-refractivity contribution in [3.05, 3.63) is 50.8 Å². The Kier molecular flexibility index (Phi) is 15.5. The van der Waals surface area contributed by atoms with Crippen LogP contribution in [0.25, 0.3) is 0 Å². The Morgan fingerprint density at radius 3 is 2.00 bits per heavy atom. The van der Waals surface area contributed by atoms with Gasteiger partial charge in [0.05, 0.1) is 16.8 Å². The van der Waals surface area contributed by atoms with Crippen molar-refractivity contribution in [3.63, 3.8) is 0 Å². The number of azo groups is 1. The van der Waals surface area contributed by atoms with Crippen molar-refractivity contribution in [1.29, 1.82) is 5.26 Å². The Morgan fingerprint density at radius 2 is 1.49 bits per heavy atom. The number of benzene rings is 1. The second-order valence-electron chi connectivity index (χ2n) is 11.5. The second-order valence-corrected chi connectivity index (χ2v) is 11.5. The molecule has 2 amide bonds. The van der Waals surface area contributed by atoms with E-state index in [0.717, 1.165) is 51.4 Å². The maximum Gasteiger partial charge on any atom is 0.271 e. The van der Waals surface area contributed by atoms with Crippen LogP contribution >= 0.6 is 0 Å². The molecule has 0 saturated carbocycles. The summed E-state index contributed by atoms with van der Waals surface area (Å²) in [4.78, 5) is 44.1. The topological polar surface area (TPSA) is 131 Å². The van der Waals surface area contributed by atoms with Crippen LogP contribution in [0.5, 0.6) is 5.88 Å². The number of nitrogens with zero attached hydrogens (tertiary/aromatic N) is 6. The van der Waals surface area contributed by atoms with Gasteiger partial charge in [0.2, 0.25) is 5.88 Å². The minimum atomic E-state index is -0.549. The fourth-order valence-electron chi connectivity index (χ4n) is 5.31. The Balaban J connectivity index is 2.66. The van der Waals surface area contributed by atoms with E-state index in [0.29, 0.717) is 37.4 Å². The summed E-state index contributed by atoms with van der Waals surface area (Å²) < 4.78 is 1.23. The molecule has 0 fully saturated rings. The van der Waals surface area contributed by atoms with Crippen molar-refractivity contribution < 1.29 is 14.7 Å². The Morgan fingerprint density at radius 1 is 0.911 bits per heavy atom. The molecule has 0 aliphatic rings. The van der Waals surface area contributed by atoms with Crippen molar-refractivity contribution in [2.45, 2.75) is 106 Å². The van der Waals surface area contributed by atoms with Gasteiger partial charge in [0.1, 0.15) is 11.6 Å². The molecular formula is C35H52N6O4. The van der Waals surface area contributed by atoms with Gasteiger partial charge in [0, 0.05) is 38.3 Å². The molecule has 0 bridgehead atoms. The lowest BCUT2D eigenvalue weighted by molar-refractivity contribution is 0.0723. The molecule has 1 atom stereocenters. The molecule has 0 radical (unpaired) electrons. The number of amides is 2. The van der Waals surface area contributed by atoms with Gasteiger partial charge in [-0.3, -0.25) is 19.0 Å². The zero-order valence-corrected chi connectivity index (χ0v) is 28.4. The zero-order chi connectivity index (χ0) is 33.5. The highest BCUT2D eigenvalue weighted by atomic mass is 16.3. The maximum absolute atomic E-state index is 13.8. The first-order chi connectivity index (χ1) is 21.6. The van der Waals surface area contributed by atoms with Crippen LogP contribution in [-0.2, 0) is 6.54 Å². The van der Waals surface area contributed by atoms with Gasteiger partial charge in [-0.05, 0) is 64.2 Å². The summed E-state index contributed by atoms with van der Waals surface area (Å²) in [5.41, 5.74) is 0.481. The van der Waals surface area contributed by atoms with Crippen molar-refractivity contribution in [2.75, 3.05) is 26.2 Å². The highest BCUT2D eigenvalue weighted by Gasteiger charge is 2.25. The molecular weight excluding hydrogens is 568 g/mol. The molecule has 10 heteroatoms. The SMILES string of the molecule is CCCCC(CC)Cn1c(O)c(/N=N/c2ccc(C(=O)N(CC)CCCC)c(C(=O)N(CC)CCCC)c2)c(C)c(C#N)c1=O. The third-order valence-electron chi connectivity index (χ3n) is 8.38. The quantitative estimate of drug-likeness (QED) is 0.169. The first-order valence-electron chi connectivity index (χ1n) is 16.6. The Labute approximate surface area is 268 Å². The minimum Gasteiger partial charge on any atom is -0.493 e. The van der Waals surface area contributed by atoms with Crippen molar-refractivity contribution in [3.8, 4) is 11.9 Å². The fraction of sp³-hybridized carbons (Fsp3) is 0.600. The zero-order valence-electron chi connectivity index (χ0n) is 28.4. The van der Waals surface area contributed by atoms with Crippen LogP contribution in [0.3, 0.4) is 0 Å². The molecule has 1 unspecified atom stereocenters. The van der Waals surface area contributed by atoms with E-state index in [1.807, 2.05) is 26.8 Å². The number of hydrogen-bond donors (Lipinski definition) is 1. The van der Waals surface area contributed by atoms with Gasteiger partial charge >= 0.3 is 0 Å². The Bertz CT molecular complexity index is 1420. The summed E-state index contributed by atoms with van der Waals surface area (Å²) in [6.07, 6.45) is 7.31. The highest BCUT2D eigenvalue weighted by molar-refractivity contribution is 6.07. The molecule has 10 nitrogen and oxygen atoms in total. The highest BCUT2D eigenvalue weighted by Crippen LogP contribution is 2.34. The number of pyridine rings is 1. The molecule has 0 aliphatic carbocycles. The van der Waals surface area contributed by atoms with E-state index in [9.17, 15) is 24.8 Å². The number of carbonyl (C=O) groups excluding carboxylic acids is 2. The molecule has 1 N–H and O–H groups in total. The number of hydrogen-bond acceptors (Lipinski definition) is 7. The predicted molar refractivity (Wildman–Crippen MR) is 179 cm³/mol. The lowest BCUT2D eigenvalue weighted by Gasteiger charge is -2.25. The van der Waals surface area contributed by atoms with Crippen LogP contribution in [0.2, 0.25) is 0 Å². The van der Waals surface area contributed by atoms with Crippen LogP contribution in [0, 0.1) is 24.2 Å². The standard InChI is InChI=1S/C35H52N6O4/c1-8-14-17-26(11-4)24-41-34(44)30(23-36)25(7)31(35(41)45)38-37-27-18-19-28(32(42)39(12-5)20-15-9-2)29(22-27)33(43)40(13-6)21-16-10-3/h18-19,22,26,45H,8-17,20-21,24H2,1-7H3/b38-37+. The van der Waals surface area contributed by atoms with Crippen molar-refractivity contribution in [1.82, 2.24) is 14.4 Å². The molecule has 1 heterocycles. The first kappa shape index (κ1) is 37.2. The predicted octanol–water partition coefficient (Wildman–Crippen LogP) is 7.89. The minimum absolute atomic E-state index is 0.0272. The van der Waals surface area contributed by atoms with Crippen LogP contribution < -0.4 is 5.56 Å². The summed E-state index contributed by atoms with van der Waals surface area (Å²) in [5, 5.41) is 29.7. The molecule has 45 heavy (non-hydrogen) atoms. The van der Waals surface area contributed by atoms with Crippen LogP contribution in [0.1, 0.15) is 125 Å². The Hall–Kier alpha value is -4.00. The average Bonchev–Trinajstić information content (AvgIpc) is 3.05. The van der Waals surface area contributed by atoms with Gasteiger partial charge in [0.15, 0.2) is 5.69 Å². The smallest absolute Gasteiger partial charge is 0.271 e. The molecule has 2 rings (SSSR count). The maximum atomic E-state index is 13.8. The average molecular weight is 621 g/mol. The van der Waals surface area contributed by atoms with Crippen LogP contribution in [-0.4, -0.2) is 57.5 Å².